The maximum Gasteiger partial charge on any atom is 0.329 e. The Morgan fingerprint density at radius 1 is 1.42 bits per heavy atom. The number of hydrogen-bond donors (Lipinski definition) is 0. The Bertz CT molecular complexity index is 211. The Morgan fingerprint density at radius 2 is 2.08 bits per heavy atom. The van der Waals surface area contributed by atoms with E-state index in [4.69, 9.17) is 0 Å². The number of allylic oxidation sites excluding steroid dienone is 3. The molecule has 0 atom stereocenters. The Kier molecular flexibility index (Phi) is 5.91. The lowest BCUT2D eigenvalue weighted by atomic mass is 10.5. The molecule has 0 saturated heterocycles. The second-order valence-corrected chi connectivity index (χ2v) is 2.26. The fourth-order valence-electron chi connectivity index (χ4n) is 0.514. The van der Waals surface area contributed by atoms with E-state index in [1.807, 2.05) is 0 Å². The number of nitrogens with zero attached hydrogens (tertiary/aromatic N) is 1. The Labute approximate surface area is 77.3 Å². The van der Waals surface area contributed by atoms with Crippen molar-refractivity contribution >= 4 is 23.6 Å². The molecule has 0 N–H and O–H groups in total. The van der Waals surface area contributed by atoms with Crippen LogP contribution in [0.1, 0.15) is 6.92 Å². The maximum absolute atomic E-state index is 10.4. The zero-order valence-electron chi connectivity index (χ0n) is 7.06. The molecule has 4 heteroatoms. The highest BCUT2D eigenvalue weighted by molar-refractivity contribution is 7.79. The summed E-state index contributed by atoms with van der Waals surface area (Å²) in [6, 6.07) is 0. The third-order valence-corrected chi connectivity index (χ3v) is 1.03. The minimum atomic E-state index is -0.346. The standard InChI is InChI=1S/C8H11NO2S/c1-8(10)11-9(2)6-4-3-5-7-12/h3-7H,1-2H3/b5-3-,6-4-. The van der Waals surface area contributed by atoms with Crippen LogP contribution in [0.25, 0.3) is 0 Å². The van der Waals surface area contributed by atoms with E-state index in [2.05, 4.69) is 17.1 Å². The molecule has 66 valence electrons. The average molecular weight is 185 g/mol. The molecule has 0 aliphatic heterocycles. The van der Waals surface area contributed by atoms with Gasteiger partial charge in [0, 0.05) is 25.5 Å². The minimum absolute atomic E-state index is 0.346. The minimum Gasteiger partial charge on any atom is -0.342 e. The zero-order chi connectivity index (χ0) is 9.40. The molecule has 0 aromatic carbocycles. The van der Waals surface area contributed by atoms with E-state index in [-0.39, 0.29) is 5.97 Å². The van der Waals surface area contributed by atoms with Crippen molar-refractivity contribution in [2.24, 2.45) is 0 Å². The molecule has 0 bridgehead atoms. The van der Waals surface area contributed by atoms with Gasteiger partial charge in [-0.25, -0.2) is 5.06 Å². The number of rotatable bonds is 4. The molecule has 0 aromatic rings. The molecule has 12 heavy (non-hydrogen) atoms. The van der Waals surface area contributed by atoms with Gasteiger partial charge in [0.2, 0.25) is 0 Å². The van der Waals surface area contributed by atoms with Crippen molar-refractivity contribution < 1.29 is 9.63 Å². The first-order valence-corrected chi connectivity index (χ1v) is 3.84. The Morgan fingerprint density at radius 3 is 2.58 bits per heavy atom. The molecule has 0 rings (SSSR count). The van der Waals surface area contributed by atoms with Crippen molar-refractivity contribution in [2.45, 2.75) is 6.92 Å². The lowest BCUT2D eigenvalue weighted by Gasteiger charge is -2.10. The predicted molar refractivity (Wildman–Crippen MR) is 51.5 cm³/mol. The molecule has 0 unspecified atom stereocenters. The third-order valence-electron chi connectivity index (χ3n) is 0.869. The number of thiocarbonyl (C=S) groups is 1. The highest BCUT2D eigenvalue weighted by Crippen LogP contribution is 1.87. The lowest BCUT2D eigenvalue weighted by Crippen LogP contribution is -2.14. The highest BCUT2D eigenvalue weighted by atomic mass is 32.1. The normalized spacial score (nSPS) is 10.5. The van der Waals surface area contributed by atoms with Gasteiger partial charge in [-0.15, -0.1) is 0 Å². The van der Waals surface area contributed by atoms with Gasteiger partial charge in [0.1, 0.15) is 0 Å². The van der Waals surface area contributed by atoms with E-state index in [0.29, 0.717) is 0 Å². The quantitative estimate of drug-likeness (QED) is 0.287. The van der Waals surface area contributed by atoms with E-state index < -0.39 is 0 Å². The molecule has 0 aromatic heterocycles. The van der Waals surface area contributed by atoms with Crippen LogP contribution in [-0.2, 0) is 9.63 Å². The van der Waals surface area contributed by atoms with Crippen LogP contribution in [0.4, 0.5) is 0 Å². The van der Waals surface area contributed by atoms with Crippen LogP contribution in [0.15, 0.2) is 24.4 Å². The van der Waals surface area contributed by atoms with Crippen LogP contribution >= 0.6 is 12.2 Å². The van der Waals surface area contributed by atoms with Gasteiger partial charge in [-0.05, 0) is 6.08 Å². The van der Waals surface area contributed by atoms with Crippen LogP contribution in [0.3, 0.4) is 0 Å². The molecule has 0 aliphatic carbocycles. The largest absolute Gasteiger partial charge is 0.342 e. The Hall–Kier alpha value is -1.16. The molecular formula is C8H11NO2S. The average Bonchev–Trinajstić information content (AvgIpc) is 1.97. The topological polar surface area (TPSA) is 29.5 Å². The van der Waals surface area contributed by atoms with E-state index in [1.165, 1.54) is 17.4 Å². The predicted octanol–water partition coefficient (Wildman–Crippen LogP) is 1.47. The summed E-state index contributed by atoms with van der Waals surface area (Å²) >= 11 is 4.56. The van der Waals surface area contributed by atoms with Gasteiger partial charge in [0.15, 0.2) is 0 Å². The van der Waals surface area contributed by atoms with Crippen LogP contribution in [0.2, 0.25) is 0 Å². The summed E-state index contributed by atoms with van der Waals surface area (Å²) in [6.07, 6.45) is 6.77. The number of hydroxylamine groups is 2. The van der Waals surface area contributed by atoms with Crippen molar-refractivity contribution in [1.82, 2.24) is 5.06 Å². The molecule has 0 fully saturated rings. The van der Waals surface area contributed by atoms with Gasteiger partial charge in [-0.1, -0.05) is 24.4 Å². The van der Waals surface area contributed by atoms with Crippen molar-refractivity contribution in [3.8, 4) is 0 Å². The highest BCUT2D eigenvalue weighted by Gasteiger charge is 1.93. The first kappa shape index (κ1) is 10.8. The van der Waals surface area contributed by atoms with Gasteiger partial charge in [-0.2, -0.15) is 0 Å². The third kappa shape index (κ3) is 6.95. The second-order valence-electron chi connectivity index (χ2n) is 1.99. The van der Waals surface area contributed by atoms with E-state index >= 15 is 0 Å². The van der Waals surface area contributed by atoms with Crippen molar-refractivity contribution in [1.29, 1.82) is 0 Å². The number of carbonyl (C=O) groups is 1. The summed E-state index contributed by atoms with van der Waals surface area (Å²) < 4.78 is 0. The molecular weight excluding hydrogens is 174 g/mol. The summed E-state index contributed by atoms with van der Waals surface area (Å²) in [5.41, 5.74) is 0. The van der Waals surface area contributed by atoms with Gasteiger partial charge >= 0.3 is 5.97 Å². The molecule has 0 amide bonds. The number of hydrogen-bond acceptors (Lipinski definition) is 4. The van der Waals surface area contributed by atoms with E-state index in [1.54, 1.807) is 31.5 Å². The molecule has 3 nitrogen and oxygen atoms in total. The van der Waals surface area contributed by atoms with Crippen molar-refractivity contribution in [2.75, 3.05) is 7.05 Å². The van der Waals surface area contributed by atoms with E-state index in [0.717, 1.165) is 0 Å². The van der Waals surface area contributed by atoms with Gasteiger partial charge < -0.3 is 4.84 Å². The monoisotopic (exact) mass is 185 g/mol. The van der Waals surface area contributed by atoms with Gasteiger partial charge in [-0.3, -0.25) is 4.79 Å². The van der Waals surface area contributed by atoms with E-state index in [9.17, 15) is 4.79 Å². The van der Waals surface area contributed by atoms with Gasteiger partial charge in [0.25, 0.3) is 0 Å². The van der Waals surface area contributed by atoms with Crippen LogP contribution < -0.4 is 0 Å². The number of carbonyl (C=O) groups excluding carboxylic acids is 1. The summed E-state index contributed by atoms with van der Waals surface area (Å²) in [5.74, 6) is -0.346. The summed E-state index contributed by atoms with van der Waals surface area (Å²) in [5, 5.41) is 2.81. The fraction of sp³-hybridized carbons (Fsp3) is 0.250. The summed E-state index contributed by atoms with van der Waals surface area (Å²) in [4.78, 5) is 15.1. The first-order valence-electron chi connectivity index (χ1n) is 3.37. The fourth-order valence-corrected chi connectivity index (χ4v) is 0.604. The Balaban J connectivity index is 3.74. The van der Waals surface area contributed by atoms with Crippen LogP contribution in [0, 0.1) is 0 Å². The van der Waals surface area contributed by atoms with Crippen molar-refractivity contribution in [3.63, 3.8) is 0 Å². The first-order chi connectivity index (χ1) is 5.66. The molecule has 0 saturated carbocycles. The second kappa shape index (κ2) is 6.54. The SMILES string of the molecule is CC(=O)ON(C)/C=C\C=C/C=S. The summed E-state index contributed by atoms with van der Waals surface area (Å²) in [7, 11) is 1.63. The molecule has 0 radical (unpaired) electrons. The molecule has 0 spiro atoms. The van der Waals surface area contributed by atoms with Crippen molar-refractivity contribution in [3.05, 3.63) is 24.4 Å². The maximum atomic E-state index is 10.4. The molecule has 0 aliphatic rings. The zero-order valence-corrected chi connectivity index (χ0v) is 7.88. The van der Waals surface area contributed by atoms with Crippen LogP contribution in [-0.4, -0.2) is 23.4 Å². The smallest absolute Gasteiger partial charge is 0.329 e. The molecule has 0 heterocycles. The summed E-state index contributed by atoms with van der Waals surface area (Å²) in [6.45, 7) is 1.34. The van der Waals surface area contributed by atoms with Crippen LogP contribution in [0.5, 0.6) is 0 Å². The van der Waals surface area contributed by atoms with Gasteiger partial charge in [0.05, 0.1) is 0 Å². The lowest BCUT2D eigenvalue weighted by molar-refractivity contribution is -0.170.